The average Bonchev–Trinajstić information content (AvgIpc) is 3.16. The minimum Gasteiger partial charge on any atom is -0.359 e. The molecule has 0 aliphatic rings. The van der Waals surface area contributed by atoms with Crippen molar-refractivity contribution in [1.29, 1.82) is 0 Å². The summed E-state index contributed by atoms with van der Waals surface area (Å²) in [5.74, 6) is 1.08. The zero-order valence-corrected chi connectivity index (χ0v) is 14.9. The Morgan fingerprint density at radius 2 is 2.13 bits per heavy atom. The highest BCUT2D eigenvalue weighted by atomic mass is 32.1. The summed E-state index contributed by atoms with van der Waals surface area (Å²) in [6.07, 6.45) is 2.06. The van der Waals surface area contributed by atoms with Crippen LogP contribution in [0.25, 0.3) is 0 Å². The van der Waals surface area contributed by atoms with Gasteiger partial charge in [0.1, 0.15) is 5.01 Å². The molecule has 6 nitrogen and oxygen atoms in total. The van der Waals surface area contributed by atoms with E-state index in [-0.39, 0.29) is 12.1 Å². The van der Waals surface area contributed by atoms with E-state index >= 15 is 0 Å². The van der Waals surface area contributed by atoms with Crippen molar-refractivity contribution in [1.82, 2.24) is 20.8 Å². The molecule has 0 radical (unpaired) electrons. The van der Waals surface area contributed by atoms with Gasteiger partial charge in [0.05, 0.1) is 18.3 Å². The summed E-state index contributed by atoms with van der Waals surface area (Å²) in [5, 5.41) is 12.6. The van der Waals surface area contributed by atoms with E-state index in [1.807, 2.05) is 25.3 Å². The van der Waals surface area contributed by atoms with Crippen LogP contribution in [-0.4, -0.2) is 16.2 Å². The Morgan fingerprint density at radius 1 is 1.39 bits per heavy atom. The Hall–Kier alpha value is -1.89. The lowest BCUT2D eigenvalue weighted by molar-refractivity contribution is 0.235. The first-order valence-corrected chi connectivity index (χ1v) is 8.83. The maximum Gasteiger partial charge on any atom is 0.315 e. The van der Waals surface area contributed by atoms with E-state index in [9.17, 15) is 4.79 Å². The molecule has 0 aliphatic heterocycles. The molecule has 0 aromatic carbocycles. The quantitative estimate of drug-likeness (QED) is 0.803. The fourth-order valence-corrected chi connectivity index (χ4v) is 3.16. The molecular formula is C16H24N4O2S. The molecule has 7 heteroatoms. The van der Waals surface area contributed by atoms with Gasteiger partial charge in [-0.3, -0.25) is 0 Å². The number of carbonyl (C=O) groups is 1. The van der Waals surface area contributed by atoms with Crippen LogP contribution in [0.3, 0.4) is 0 Å². The van der Waals surface area contributed by atoms with E-state index in [0.29, 0.717) is 18.2 Å². The number of amides is 2. The number of nitrogens with zero attached hydrogens (tertiary/aromatic N) is 2. The number of nitrogens with one attached hydrogen (secondary N) is 2. The first kappa shape index (κ1) is 17.5. The topological polar surface area (TPSA) is 80.0 Å². The Kier molecular flexibility index (Phi) is 6.15. The molecular weight excluding hydrogens is 312 g/mol. The smallest absolute Gasteiger partial charge is 0.315 e. The molecule has 23 heavy (non-hydrogen) atoms. The molecule has 0 saturated carbocycles. The maximum atomic E-state index is 12.0. The van der Waals surface area contributed by atoms with Crippen LogP contribution in [0.1, 0.15) is 67.7 Å². The number of aromatic nitrogens is 2. The van der Waals surface area contributed by atoms with Gasteiger partial charge in [0.15, 0.2) is 5.76 Å². The van der Waals surface area contributed by atoms with Gasteiger partial charge in [-0.05, 0) is 26.7 Å². The first-order valence-electron chi connectivity index (χ1n) is 7.95. The van der Waals surface area contributed by atoms with Crippen LogP contribution in [-0.2, 0) is 6.54 Å². The fraction of sp³-hybridized carbons (Fsp3) is 0.562. The lowest BCUT2D eigenvalue weighted by Crippen LogP contribution is -2.36. The third-order valence-electron chi connectivity index (χ3n) is 3.76. The van der Waals surface area contributed by atoms with Crippen molar-refractivity contribution < 1.29 is 9.32 Å². The van der Waals surface area contributed by atoms with Gasteiger partial charge in [-0.2, -0.15) is 0 Å². The number of aryl methyl sites for hydroxylation is 1. The summed E-state index contributed by atoms with van der Waals surface area (Å²) in [4.78, 5) is 16.3. The Morgan fingerprint density at radius 3 is 2.74 bits per heavy atom. The number of hydrogen-bond donors (Lipinski definition) is 2. The van der Waals surface area contributed by atoms with Gasteiger partial charge in [-0.25, -0.2) is 9.78 Å². The monoisotopic (exact) mass is 336 g/mol. The highest BCUT2D eigenvalue weighted by Crippen LogP contribution is 2.22. The molecule has 1 atom stereocenters. The second kappa shape index (κ2) is 8.10. The molecule has 2 aromatic rings. The molecule has 0 saturated heterocycles. The van der Waals surface area contributed by atoms with Crippen LogP contribution < -0.4 is 10.6 Å². The molecule has 2 N–H and O–H groups in total. The number of hydrogen-bond acceptors (Lipinski definition) is 5. The van der Waals surface area contributed by atoms with Crippen molar-refractivity contribution in [2.75, 3.05) is 0 Å². The Bertz CT molecular complexity index is 634. The Balaban J connectivity index is 1.82. The SMILES string of the molecule is CCC(CC)c1cc(CNC(=O)N[C@@H](C)c2nc(C)cs2)on1. The maximum absolute atomic E-state index is 12.0. The van der Waals surface area contributed by atoms with Crippen LogP contribution >= 0.6 is 11.3 Å². The zero-order chi connectivity index (χ0) is 16.8. The normalized spacial score (nSPS) is 12.4. The molecule has 0 unspecified atom stereocenters. The van der Waals surface area contributed by atoms with E-state index in [4.69, 9.17) is 4.52 Å². The van der Waals surface area contributed by atoms with Gasteiger partial charge in [0, 0.05) is 23.1 Å². The van der Waals surface area contributed by atoms with Crippen molar-refractivity contribution in [3.63, 3.8) is 0 Å². The van der Waals surface area contributed by atoms with Crippen molar-refractivity contribution >= 4 is 17.4 Å². The second-order valence-electron chi connectivity index (χ2n) is 5.61. The average molecular weight is 336 g/mol. The van der Waals surface area contributed by atoms with Crippen LogP contribution in [0.15, 0.2) is 16.0 Å². The third-order valence-corrected chi connectivity index (χ3v) is 4.90. The summed E-state index contributed by atoms with van der Waals surface area (Å²) in [7, 11) is 0. The first-order chi connectivity index (χ1) is 11.0. The Labute approximate surface area is 140 Å². The van der Waals surface area contributed by atoms with Crippen LogP contribution in [0.5, 0.6) is 0 Å². The van der Waals surface area contributed by atoms with Crippen molar-refractivity contribution in [2.45, 2.75) is 59.0 Å². The van der Waals surface area contributed by atoms with E-state index < -0.39 is 0 Å². The van der Waals surface area contributed by atoms with E-state index in [1.165, 1.54) is 0 Å². The molecule has 0 aliphatic carbocycles. The summed E-state index contributed by atoms with van der Waals surface area (Å²) in [5.41, 5.74) is 1.92. The third kappa shape index (κ3) is 4.79. The van der Waals surface area contributed by atoms with Gasteiger partial charge in [0.2, 0.25) is 0 Å². The van der Waals surface area contributed by atoms with Crippen LogP contribution in [0.2, 0.25) is 0 Å². The van der Waals surface area contributed by atoms with Crippen LogP contribution in [0, 0.1) is 6.92 Å². The van der Waals surface area contributed by atoms with E-state index in [0.717, 1.165) is 29.2 Å². The van der Waals surface area contributed by atoms with E-state index in [2.05, 4.69) is 34.6 Å². The van der Waals surface area contributed by atoms with Crippen molar-refractivity contribution in [3.05, 3.63) is 33.6 Å². The number of carbonyl (C=O) groups excluding carboxylic acids is 1. The molecule has 126 valence electrons. The van der Waals surface area contributed by atoms with Gasteiger partial charge in [0.25, 0.3) is 0 Å². The zero-order valence-electron chi connectivity index (χ0n) is 14.0. The standard InChI is InChI=1S/C16H24N4O2S/c1-5-12(6-2)14-7-13(22-20-14)8-17-16(21)19-11(4)15-18-10(3)9-23-15/h7,9,11-12H,5-6,8H2,1-4H3,(H2,17,19,21)/t11-/m0/s1. The number of urea groups is 1. The molecule has 2 aromatic heterocycles. The van der Waals surface area contributed by atoms with Crippen molar-refractivity contribution in [3.8, 4) is 0 Å². The molecule has 0 fully saturated rings. The largest absolute Gasteiger partial charge is 0.359 e. The summed E-state index contributed by atoms with van der Waals surface area (Å²) < 4.78 is 5.29. The lowest BCUT2D eigenvalue weighted by Gasteiger charge is -2.11. The highest BCUT2D eigenvalue weighted by molar-refractivity contribution is 7.09. The minimum absolute atomic E-state index is 0.122. The van der Waals surface area contributed by atoms with Gasteiger partial charge in [-0.15, -0.1) is 11.3 Å². The van der Waals surface area contributed by atoms with E-state index in [1.54, 1.807) is 11.3 Å². The van der Waals surface area contributed by atoms with Crippen LogP contribution in [0.4, 0.5) is 4.79 Å². The number of thiazole rings is 1. The second-order valence-corrected chi connectivity index (χ2v) is 6.50. The number of rotatable bonds is 7. The molecule has 2 amide bonds. The molecule has 0 spiro atoms. The molecule has 2 rings (SSSR count). The van der Waals surface area contributed by atoms with Gasteiger partial charge < -0.3 is 15.2 Å². The predicted octanol–water partition coefficient (Wildman–Crippen LogP) is 3.90. The minimum atomic E-state index is -0.245. The van der Waals surface area contributed by atoms with Gasteiger partial charge >= 0.3 is 6.03 Å². The van der Waals surface area contributed by atoms with Crippen molar-refractivity contribution in [2.24, 2.45) is 0 Å². The molecule has 0 bridgehead atoms. The predicted molar refractivity (Wildman–Crippen MR) is 90.5 cm³/mol. The molecule has 2 heterocycles. The van der Waals surface area contributed by atoms with Gasteiger partial charge in [-0.1, -0.05) is 19.0 Å². The fourth-order valence-electron chi connectivity index (χ4n) is 2.36. The summed E-state index contributed by atoms with van der Waals surface area (Å²) in [6, 6.07) is 1.56. The highest BCUT2D eigenvalue weighted by Gasteiger charge is 2.15. The summed E-state index contributed by atoms with van der Waals surface area (Å²) in [6.45, 7) is 8.44. The lowest BCUT2D eigenvalue weighted by atomic mass is 9.99. The summed E-state index contributed by atoms with van der Waals surface area (Å²) >= 11 is 1.54.